The number of allylic oxidation sites excluding steroid dienone is 1. The van der Waals surface area contributed by atoms with Gasteiger partial charge in [0.05, 0.1) is 12.0 Å². The van der Waals surface area contributed by atoms with Crippen LogP contribution in [0.3, 0.4) is 0 Å². The Bertz CT molecular complexity index is 79.2. The van der Waals surface area contributed by atoms with Gasteiger partial charge in [-0.15, -0.1) is 6.58 Å². The van der Waals surface area contributed by atoms with Crippen LogP contribution in [0.4, 0.5) is 0 Å². The highest BCUT2D eigenvalue weighted by atomic mass is 14.2. The molecule has 60 valence electrons. The Kier molecular flexibility index (Phi) is 38.7. The lowest BCUT2D eigenvalue weighted by Gasteiger charge is -1.80. The van der Waals surface area contributed by atoms with Gasteiger partial charge in [0.15, 0.2) is 0 Å². The molecule has 1 heteroatoms. The standard InChI is InChI=1S/C5H7N.2C2H6/c1-3-5(2)4-6;2*1-2/h3,5H,1H2,2H3;2*1-2H3. The van der Waals surface area contributed by atoms with E-state index in [1.165, 1.54) is 0 Å². The minimum atomic E-state index is 0.00463. The summed E-state index contributed by atoms with van der Waals surface area (Å²) in [6, 6.07) is 2.00. The van der Waals surface area contributed by atoms with Gasteiger partial charge >= 0.3 is 0 Å². The Morgan fingerprint density at radius 3 is 1.60 bits per heavy atom. The first-order valence-electron chi connectivity index (χ1n) is 3.83. The van der Waals surface area contributed by atoms with Gasteiger partial charge in [0.2, 0.25) is 0 Å². The van der Waals surface area contributed by atoms with Gasteiger partial charge in [0.25, 0.3) is 0 Å². The molecule has 0 N–H and O–H groups in total. The molecule has 0 radical (unpaired) electrons. The predicted molar refractivity (Wildman–Crippen MR) is 47.7 cm³/mol. The van der Waals surface area contributed by atoms with Crippen LogP contribution in [0.1, 0.15) is 34.6 Å². The van der Waals surface area contributed by atoms with E-state index < -0.39 is 0 Å². The molecule has 0 saturated carbocycles. The molecule has 1 nitrogen and oxygen atoms in total. The number of hydrogen-bond acceptors (Lipinski definition) is 1. The van der Waals surface area contributed by atoms with Crippen molar-refractivity contribution in [2.45, 2.75) is 34.6 Å². The quantitative estimate of drug-likeness (QED) is 0.513. The Labute approximate surface area is 65.4 Å². The maximum atomic E-state index is 8.01. The third kappa shape index (κ3) is 26.9. The van der Waals surface area contributed by atoms with E-state index in [0.717, 1.165) is 0 Å². The highest BCUT2D eigenvalue weighted by Gasteiger charge is 1.83. The van der Waals surface area contributed by atoms with Crippen molar-refractivity contribution in [2.24, 2.45) is 5.92 Å². The fourth-order valence-electron chi connectivity index (χ4n) is 0.0527. The average molecular weight is 141 g/mol. The zero-order valence-electron chi connectivity index (χ0n) is 7.81. The Morgan fingerprint density at radius 1 is 1.30 bits per heavy atom. The number of nitriles is 1. The second-order valence-electron chi connectivity index (χ2n) is 1.15. The van der Waals surface area contributed by atoms with Crippen molar-refractivity contribution >= 4 is 0 Å². The molecule has 0 aromatic heterocycles. The SMILES string of the molecule is C=CC(C)C#N.CC.CC. The second-order valence-corrected chi connectivity index (χ2v) is 1.15. The smallest absolute Gasteiger partial charge is 0.0694 e. The molecule has 0 bridgehead atoms. The third-order valence-corrected chi connectivity index (χ3v) is 0.557. The largest absolute Gasteiger partial charge is 0.198 e. The summed E-state index contributed by atoms with van der Waals surface area (Å²) >= 11 is 0. The van der Waals surface area contributed by atoms with Crippen LogP contribution >= 0.6 is 0 Å². The minimum Gasteiger partial charge on any atom is -0.198 e. The molecule has 0 aliphatic carbocycles. The van der Waals surface area contributed by atoms with Crippen molar-refractivity contribution < 1.29 is 0 Å². The number of hydrogen-bond donors (Lipinski definition) is 0. The van der Waals surface area contributed by atoms with Gasteiger partial charge in [-0.25, -0.2) is 0 Å². The van der Waals surface area contributed by atoms with Crippen LogP contribution in [0.2, 0.25) is 0 Å². The van der Waals surface area contributed by atoms with Crippen molar-refractivity contribution in [3.05, 3.63) is 12.7 Å². The van der Waals surface area contributed by atoms with Crippen LogP contribution in [-0.4, -0.2) is 0 Å². The van der Waals surface area contributed by atoms with Crippen molar-refractivity contribution in [3.8, 4) is 6.07 Å². The summed E-state index contributed by atoms with van der Waals surface area (Å²) < 4.78 is 0. The molecule has 0 rings (SSSR count). The van der Waals surface area contributed by atoms with Crippen molar-refractivity contribution in [1.29, 1.82) is 5.26 Å². The van der Waals surface area contributed by atoms with E-state index in [2.05, 4.69) is 6.58 Å². The highest BCUT2D eigenvalue weighted by Crippen LogP contribution is 1.87. The van der Waals surface area contributed by atoms with E-state index in [9.17, 15) is 0 Å². The summed E-state index contributed by atoms with van der Waals surface area (Å²) in [7, 11) is 0. The maximum Gasteiger partial charge on any atom is 0.0694 e. The molecule has 1 unspecified atom stereocenters. The van der Waals surface area contributed by atoms with E-state index in [1.807, 2.05) is 33.8 Å². The van der Waals surface area contributed by atoms with Crippen LogP contribution in [0.5, 0.6) is 0 Å². The van der Waals surface area contributed by atoms with E-state index in [0.29, 0.717) is 0 Å². The van der Waals surface area contributed by atoms with E-state index in [-0.39, 0.29) is 5.92 Å². The van der Waals surface area contributed by atoms with E-state index >= 15 is 0 Å². The fraction of sp³-hybridized carbons (Fsp3) is 0.667. The first-order chi connectivity index (χ1) is 4.81. The number of rotatable bonds is 1. The van der Waals surface area contributed by atoms with Crippen LogP contribution in [0.25, 0.3) is 0 Å². The van der Waals surface area contributed by atoms with Crippen molar-refractivity contribution in [1.82, 2.24) is 0 Å². The molecular formula is C9H19N. The molecule has 0 aliphatic heterocycles. The third-order valence-electron chi connectivity index (χ3n) is 0.557. The molecule has 0 aromatic rings. The van der Waals surface area contributed by atoms with Crippen LogP contribution in [-0.2, 0) is 0 Å². The summed E-state index contributed by atoms with van der Waals surface area (Å²) in [4.78, 5) is 0. The summed E-state index contributed by atoms with van der Waals surface area (Å²) in [5.41, 5.74) is 0. The molecule has 0 spiro atoms. The van der Waals surface area contributed by atoms with Gasteiger partial charge in [0, 0.05) is 0 Å². The Balaban J connectivity index is -0.000000105. The van der Waals surface area contributed by atoms with Gasteiger partial charge < -0.3 is 0 Å². The summed E-state index contributed by atoms with van der Waals surface area (Å²) in [6.45, 7) is 13.2. The first-order valence-corrected chi connectivity index (χ1v) is 3.83. The van der Waals surface area contributed by atoms with Crippen LogP contribution in [0.15, 0.2) is 12.7 Å². The van der Waals surface area contributed by atoms with Crippen LogP contribution in [0, 0.1) is 17.2 Å². The lowest BCUT2D eigenvalue weighted by Crippen LogP contribution is -1.76. The summed E-state index contributed by atoms with van der Waals surface area (Å²) in [5.74, 6) is 0.00463. The van der Waals surface area contributed by atoms with Gasteiger partial charge in [-0.2, -0.15) is 5.26 Å². The molecule has 0 aromatic carbocycles. The van der Waals surface area contributed by atoms with E-state index in [4.69, 9.17) is 5.26 Å². The normalized spacial score (nSPS) is 8.40. The Hall–Kier alpha value is -0.770. The molecule has 0 amide bonds. The lowest BCUT2D eigenvalue weighted by atomic mass is 10.2. The topological polar surface area (TPSA) is 23.8 Å². The van der Waals surface area contributed by atoms with Gasteiger partial charge in [-0.05, 0) is 6.92 Å². The Morgan fingerprint density at radius 2 is 1.60 bits per heavy atom. The molecule has 0 saturated heterocycles. The van der Waals surface area contributed by atoms with Crippen molar-refractivity contribution in [2.75, 3.05) is 0 Å². The zero-order valence-corrected chi connectivity index (χ0v) is 7.81. The van der Waals surface area contributed by atoms with Gasteiger partial charge in [-0.3, -0.25) is 0 Å². The molecular weight excluding hydrogens is 122 g/mol. The molecule has 10 heavy (non-hydrogen) atoms. The van der Waals surface area contributed by atoms with Gasteiger partial charge in [-0.1, -0.05) is 33.8 Å². The highest BCUT2D eigenvalue weighted by molar-refractivity contribution is 4.91. The summed E-state index contributed by atoms with van der Waals surface area (Å²) in [5, 5.41) is 8.01. The zero-order chi connectivity index (χ0) is 8.99. The molecule has 0 aliphatic rings. The molecule has 0 heterocycles. The molecule has 0 fully saturated rings. The average Bonchev–Trinajstić information content (AvgIpc) is 2.10. The summed E-state index contributed by atoms with van der Waals surface area (Å²) in [6.07, 6.45) is 1.61. The minimum absolute atomic E-state index is 0.00463. The fourth-order valence-corrected chi connectivity index (χ4v) is 0.0527. The number of nitrogens with zero attached hydrogens (tertiary/aromatic N) is 1. The first kappa shape index (κ1) is 16.1. The van der Waals surface area contributed by atoms with Gasteiger partial charge in [0.1, 0.15) is 0 Å². The predicted octanol–water partition coefficient (Wildman–Crippen LogP) is 3.38. The van der Waals surface area contributed by atoms with Crippen molar-refractivity contribution in [3.63, 3.8) is 0 Å². The van der Waals surface area contributed by atoms with E-state index in [1.54, 1.807) is 13.0 Å². The molecule has 1 atom stereocenters. The lowest BCUT2D eigenvalue weighted by molar-refractivity contribution is 0.960. The second kappa shape index (κ2) is 24.0. The monoisotopic (exact) mass is 141 g/mol. The maximum absolute atomic E-state index is 8.01. The van der Waals surface area contributed by atoms with Crippen LogP contribution < -0.4 is 0 Å².